The molecule has 2 aromatic heterocycles. The van der Waals surface area contributed by atoms with Crippen LogP contribution in [0.3, 0.4) is 0 Å². The summed E-state index contributed by atoms with van der Waals surface area (Å²) in [6, 6.07) is 14.5. The highest BCUT2D eigenvalue weighted by Crippen LogP contribution is 2.31. The van der Waals surface area contributed by atoms with E-state index in [0.717, 1.165) is 55.0 Å². The maximum Gasteiger partial charge on any atom is 0.244 e. The molecular weight excluding hydrogens is 478 g/mol. The van der Waals surface area contributed by atoms with Crippen molar-refractivity contribution in [3.05, 3.63) is 71.6 Å². The van der Waals surface area contributed by atoms with Crippen molar-refractivity contribution in [2.45, 2.75) is 78.2 Å². The normalized spacial score (nSPS) is 20.5. The Morgan fingerprint density at radius 1 is 1.00 bits per heavy atom. The molecule has 1 fully saturated rings. The van der Waals surface area contributed by atoms with Crippen LogP contribution in [-0.2, 0) is 29.2 Å². The molecule has 0 radical (unpaired) electrons. The van der Waals surface area contributed by atoms with Gasteiger partial charge in [-0.05, 0) is 56.9 Å². The summed E-state index contributed by atoms with van der Waals surface area (Å²) in [6.07, 6.45) is 5.91. The minimum atomic E-state index is 0.00124. The summed E-state index contributed by atoms with van der Waals surface area (Å²) in [7, 11) is 0. The van der Waals surface area contributed by atoms with Crippen LogP contribution in [-0.4, -0.2) is 66.5 Å². The van der Waals surface area contributed by atoms with Gasteiger partial charge in [0.1, 0.15) is 18.2 Å². The molecule has 1 saturated heterocycles. The number of aromatic nitrogens is 4. The van der Waals surface area contributed by atoms with Gasteiger partial charge in [-0.25, -0.2) is 9.67 Å². The van der Waals surface area contributed by atoms with Gasteiger partial charge in [-0.2, -0.15) is 5.10 Å². The summed E-state index contributed by atoms with van der Waals surface area (Å²) in [4.78, 5) is 42.1. The van der Waals surface area contributed by atoms with Crippen molar-refractivity contribution in [2.24, 2.45) is 0 Å². The maximum atomic E-state index is 13.9. The first-order valence-electron chi connectivity index (χ1n) is 13.6. The van der Waals surface area contributed by atoms with E-state index in [0.29, 0.717) is 31.5 Å². The predicted molar refractivity (Wildman–Crippen MR) is 145 cm³/mol. The number of piperidine rings is 1. The summed E-state index contributed by atoms with van der Waals surface area (Å²) in [5, 5.41) is 4.43. The van der Waals surface area contributed by atoms with Crippen LogP contribution >= 0.6 is 0 Å². The molecule has 9 heteroatoms. The maximum absolute atomic E-state index is 13.9. The number of benzene rings is 1. The van der Waals surface area contributed by atoms with Gasteiger partial charge in [0.2, 0.25) is 11.8 Å². The van der Waals surface area contributed by atoms with Gasteiger partial charge >= 0.3 is 0 Å². The van der Waals surface area contributed by atoms with Gasteiger partial charge in [-0.1, -0.05) is 30.7 Å². The molecule has 0 saturated carbocycles. The first-order valence-corrected chi connectivity index (χ1v) is 13.6. The number of nitrogens with zero attached hydrogens (tertiary/aromatic N) is 7. The van der Waals surface area contributed by atoms with E-state index in [1.54, 1.807) is 11.6 Å². The molecule has 2 aliphatic heterocycles. The number of carbonyl (C=O) groups is 2. The Labute approximate surface area is 224 Å². The highest BCUT2D eigenvalue weighted by atomic mass is 16.2. The van der Waals surface area contributed by atoms with Crippen molar-refractivity contribution in [2.75, 3.05) is 18.0 Å². The highest BCUT2D eigenvalue weighted by Gasteiger charge is 2.35. The van der Waals surface area contributed by atoms with E-state index in [9.17, 15) is 9.59 Å². The van der Waals surface area contributed by atoms with E-state index >= 15 is 0 Å². The Kier molecular flexibility index (Phi) is 7.83. The van der Waals surface area contributed by atoms with Crippen LogP contribution in [0.1, 0.15) is 55.5 Å². The minimum absolute atomic E-state index is 0.00124. The van der Waals surface area contributed by atoms with Crippen molar-refractivity contribution >= 4 is 17.5 Å². The lowest BCUT2D eigenvalue weighted by molar-refractivity contribution is -0.134. The standard InChI is InChI=1S/C29H37N7O2/c1-21-31-22(2)36(32-21)20-29(38)33-17-24-9-4-5-13-28(24)34(23(3)37)16-14-26-11-8-12-27(19-33)35(26)18-25-10-6-7-15-30-25/h4-7,9-10,13,15,26-27H,8,11-12,14,16-20H2,1-3H3. The lowest BCUT2D eigenvalue weighted by Gasteiger charge is -2.44. The fourth-order valence-corrected chi connectivity index (χ4v) is 5.95. The lowest BCUT2D eigenvalue weighted by atomic mass is 9.92. The van der Waals surface area contributed by atoms with Crippen LogP contribution in [0.5, 0.6) is 0 Å². The SMILES string of the molecule is CC(=O)N1CCC2CCCC(CN(C(=O)Cn3nc(C)nc3C)Cc3ccccc31)N2Cc1ccccn1. The van der Waals surface area contributed by atoms with Crippen molar-refractivity contribution in [3.63, 3.8) is 0 Å². The van der Waals surface area contributed by atoms with Crippen LogP contribution in [0.25, 0.3) is 0 Å². The van der Waals surface area contributed by atoms with Gasteiger partial charge in [0, 0.05) is 57.1 Å². The number of hydrogen-bond acceptors (Lipinski definition) is 6. The number of para-hydroxylation sites is 1. The molecule has 38 heavy (non-hydrogen) atoms. The molecular formula is C29H37N7O2. The third-order valence-electron chi connectivity index (χ3n) is 7.82. The summed E-state index contributed by atoms with van der Waals surface area (Å²) in [6.45, 7) is 7.91. The Morgan fingerprint density at radius 2 is 1.79 bits per heavy atom. The molecule has 9 nitrogen and oxygen atoms in total. The minimum Gasteiger partial charge on any atom is -0.335 e. The largest absolute Gasteiger partial charge is 0.335 e. The molecule has 2 atom stereocenters. The van der Waals surface area contributed by atoms with Gasteiger partial charge in [-0.15, -0.1) is 0 Å². The fraction of sp³-hybridized carbons (Fsp3) is 0.483. The highest BCUT2D eigenvalue weighted by molar-refractivity contribution is 5.92. The van der Waals surface area contributed by atoms with Crippen LogP contribution in [0.2, 0.25) is 0 Å². The average Bonchev–Trinajstić information content (AvgIpc) is 3.21. The molecule has 1 aromatic carbocycles. The van der Waals surface area contributed by atoms with Crippen LogP contribution in [0.15, 0.2) is 48.7 Å². The topological polar surface area (TPSA) is 87.5 Å². The lowest BCUT2D eigenvalue weighted by Crippen LogP contribution is -2.52. The third kappa shape index (κ3) is 5.78. The number of anilines is 1. The second-order valence-electron chi connectivity index (χ2n) is 10.5. The zero-order valence-electron chi connectivity index (χ0n) is 22.6. The number of rotatable bonds is 4. The molecule has 2 bridgehead atoms. The number of carbonyl (C=O) groups excluding carboxylic acids is 2. The van der Waals surface area contributed by atoms with E-state index in [4.69, 9.17) is 0 Å². The van der Waals surface area contributed by atoms with Gasteiger partial charge in [0.05, 0.1) is 5.69 Å². The van der Waals surface area contributed by atoms with Crippen molar-refractivity contribution in [3.8, 4) is 0 Å². The quantitative estimate of drug-likeness (QED) is 0.529. The molecule has 4 heterocycles. The fourth-order valence-electron chi connectivity index (χ4n) is 5.95. The smallest absolute Gasteiger partial charge is 0.244 e. The van der Waals surface area contributed by atoms with Gasteiger partial charge in [-0.3, -0.25) is 19.5 Å². The van der Waals surface area contributed by atoms with E-state index < -0.39 is 0 Å². The van der Waals surface area contributed by atoms with Crippen LogP contribution in [0.4, 0.5) is 5.69 Å². The summed E-state index contributed by atoms with van der Waals surface area (Å²) >= 11 is 0. The van der Waals surface area contributed by atoms with Gasteiger partial charge < -0.3 is 9.80 Å². The molecule has 3 aromatic rings. The number of pyridine rings is 1. The molecule has 2 amide bonds. The van der Waals surface area contributed by atoms with E-state index in [1.165, 1.54) is 0 Å². The Morgan fingerprint density at radius 3 is 2.53 bits per heavy atom. The van der Waals surface area contributed by atoms with Gasteiger partial charge in [0.15, 0.2) is 0 Å². The average molecular weight is 516 g/mol. The monoisotopic (exact) mass is 515 g/mol. The van der Waals surface area contributed by atoms with Crippen LogP contribution in [0, 0.1) is 13.8 Å². The molecule has 2 unspecified atom stereocenters. The number of aryl methyl sites for hydroxylation is 2. The van der Waals surface area contributed by atoms with Crippen LogP contribution < -0.4 is 4.90 Å². The molecule has 0 aliphatic carbocycles. The number of hydrogen-bond donors (Lipinski definition) is 0. The zero-order chi connectivity index (χ0) is 26.6. The Bertz CT molecular complexity index is 1270. The Hall–Kier alpha value is -3.59. The summed E-state index contributed by atoms with van der Waals surface area (Å²) in [5.41, 5.74) is 2.89. The first-order chi connectivity index (χ1) is 18.4. The first kappa shape index (κ1) is 26.0. The Balaban J connectivity index is 1.52. The zero-order valence-corrected chi connectivity index (χ0v) is 22.6. The van der Waals surface area contributed by atoms with Gasteiger partial charge in [0.25, 0.3) is 0 Å². The molecule has 0 spiro atoms. The molecule has 200 valence electrons. The van der Waals surface area contributed by atoms with E-state index in [1.807, 2.05) is 66.2 Å². The molecule has 2 aliphatic rings. The number of amides is 2. The number of fused-ring (bicyclic) bond motifs is 3. The molecule has 5 rings (SSSR count). The predicted octanol–water partition coefficient (Wildman–Crippen LogP) is 3.50. The molecule has 0 N–H and O–H groups in total. The summed E-state index contributed by atoms with van der Waals surface area (Å²) in [5.74, 6) is 1.41. The van der Waals surface area contributed by atoms with E-state index in [-0.39, 0.29) is 24.4 Å². The second-order valence-corrected chi connectivity index (χ2v) is 10.5. The van der Waals surface area contributed by atoms with E-state index in [2.05, 4.69) is 26.0 Å². The summed E-state index contributed by atoms with van der Waals surface area (Å²) < 4.78 is 1.69. The van der Waals surface area contributed by atoms with Crippen molar-refractivity contribution < 1.29 is 9.59 Å². The van der Waals surface area contributed by atoms with Crippen molar-refractivity contribution in [1.29, 1.82) is 0 Å². The van der Waals surface area contributed by atoms with Crippen molar-refractivity contribution in [1.82, 2.24) is 29.5 Å². The third-order valence-corrected chi connectivity index (χ3v) is 7.82. The second kappa shape index (κ2) is 11.4.